The quantitative estimate of drug-likeness (QED) is 0.754. The lowest BCUT2D eigenvalue weighted by atomic mass is 10.1. The molecule has 0 bridgehead atoms. The van der Waals surface area contributed by atoms with Crippen LogP contribution in [-0.4, -0.2) is 31.9 Å². The standard InChI is InChI=1S/C10H14N2O2/c1-13-10-3-2-8(6-12-10)9-7-14-5-4-11-9/h2-3,6,9,11H,4-5,7H2,1H3/t9-/m0/s1. The Morgan fingerprint density at radius 1 is 1.57 bits per heavy atom. The molecule has 1 atom stereocenters. The minimum Gasteiger partial charge on any atom is -0.481 e. The van der Waals surface area contributed by atoms with Crippen molar-refractivity contribution < 1.29 is 9.47 Å². The third-order valence-corrected chi connectivity index (χ3v) is 2.29. The number of morpholine rings is 1. The highest BCUT2D eigenvalue weighted by Gasteiger charge is 2.15. The predicted molar refractivity (Wildman–Crippen MR) is 52.4 cm³/mol. The van der Waals surface area contributed by atoms with Crippen molar-refractivity contribution in [2.75, 3.05) is 26.9 Å². The van der Waals surface area contributed by atoms with Gasteiger partial charge in [0, 0.05) is 18.8 Å². The molecule has 1 aromatic rings. The lowest BCUT2D eigenvalue weighted by Gasteiger charge is -2.23. The fourth-order valence-electron chi connectivity index (χ4n) is 1.50. The molecule has 0 radical (unpaired) electrons. The van der Waals surface area contributed by atoms with E-state index < -0.39 is 0 Å². The smallest absolute Gasteiger partial charge is 0.212 e. The SMILES string of the molecule is COc1ccc([C@@H]2COCCN2)cn1. The number of methoxy groups -OCH3 is 1. The molecule has 1 aliphatic rings. The topological polar surface area (TPSA) is 43.4 Å². The van der Waals surface area contributed by atoms with Crippen molar-refractivity contribution in [1.29, 1.82) is 0 Å². The highest BCUT2D eigenvalue weighted by Crippen LogP contribution is 2.16. The van der Waals surface area contributed by atoms with E-state index in [0.717, 1.165) is 18.7 Å². The first-order chi connectivity index (χ1) is 6.90. The first kappa shape index (κ1) is 9.43. The van der Waals surface area contributed by atoms with Crippen LogP contribution in [0.25, 0.3) is 0 Å². The Balaban J connectivity index is 2.07. The molecule has 1 saturated heterocycles. The summed E-state index contributed by atoms with van der Waals surface area (Å²) in [4.78, 5) is 4.15. The molecule has 4 heteroatoms. The summed E-state index contributed by atoms with van der Waals surface area (Å²) in [5.74, 6) is 0.644. The van der Waals surface area contributed by atoms with Gasteiger partial charge in [-0.25, -0.2) is 4.98 Å². The van der Waals surface area contributed by atoms with Crippen molar-refractivity contribution in [3.8, 4) is 5.88 Å². The number of aromatic nitrogens is 1. The molecule has 1 aliphatic heterocycles. The third-order valence-electron chi connectivity index (χ3n) is 2.29. The van der Waals surface area contributed by atoms with Gasteiger partial charge in [0.2, 0.25) is 5.88 Å². The van der Waals surface area contributed by atoms with Crippen molar-refractivity contribution in [3.63, 3.8) is 0 Å². The van der Waals surface area contributed by atoms with Gasteiger partial charge in [0.25, 0.3) is 0 Å². The van der Waals surface area contributed by atoms with Crippen LogP contribution in [0.4, 0.5) is 0 Å². The van der Waals surface area contributed by atoms with E-state index in [0.29, 0.717) is 12.5 Å². The number of pyridine rings is 1. The van der Waals surface area contributed by atoms with Crippen LogP contribution in [0.15, 0.2) is 18.3 Å². The average Bonchev–Trinajstić information content (AvgIpc) is 2.30. The maximum Gasteiger partial charge on any atom is 0.212 e. The van der Waals surface area contributed by atoms with Gasteiger partial charge in [-0.2, -0.15) is 0 Å². The van der Waals surface area contributed by atoms with Crippen LogP contribution in [-0.2, 0) is 4.74 Å². The minimum absolute atomic E-state index is 0.266. The third kappa shape index (κ3) is 2.02. The van der Waals surface area contributed by atoms with E-state index in [-0.39, 0.29) is 6.04 Å². The van der Waals surface area contributed by atoms with E-state index in [4.69, 9.17) is 9.47 Å². The van der Waals surface area contributed by atoms with E-state index in [1.54, 1.807) is 7.11 Å². The number of nitrogens with one attached hydrogen (secondary N) is 1. The Morgan fingerprint density at radius 2 is 2.50 bits per heavy atom. The van der Waals surface area contributed by atoms with Gasteiger partial charge in [-0.3, -0.25) is 0 Å². The fourth-order valence-corrected chi connectivity index (χ4v) is 1.50. The second-order valence-electron chi connectivity index (χ2n) is 3.22. The van der Waals surface area contributed by atoms with E-state index in [9.17, 15) is 0 Å². The van der Waals surface area contributed by atoms with Crippen molar-refractivity contribution in [1.82, 2.24) is 10.3 Å². The van der Waals surface area contributed by atoms with Crippen molar-refractivity contribution in [2.45, 2.75) is 6.04 Å². The molecular weight excluding hydrogens is 180 g/mol. The van der Waals surface area contributed by atoms with Crippen LogP contribution < -0.4 is 10.1 Å². The number of hydrogen-bond acceptors (Lipinski definition) is 4. The molecule has 0 aliphatic carbocycles. The Hall–Kier alpha value is -1.13. The summed E-state index contributed by atoms with van der Waals surface area (Å²) in [6.07, 6.45) is 1.82. The van der Waals surface area contributed by atoms with Gasteiger partial charge in [0.1, 0.15) is 0 Å². The molecule has 1 aromatic heterocycles. The van der Waals surface area contributed by atoms with Crippen LogP contribution in [0.2, 0.25) is 0 Å². The number of rotatable bonds is 2. The molecule has 1 N–H and O–H groups in total. The van der Waals surface area contributed by atoms with Gasteiger partial charge >= 0.3 is 0 Å². The van der Waals surface area contributed by atoms with Crippen LogP contribution in [0.1, 0.15) is 11.6 Å². The largest absolute Gasteiger partial charge is 0.481 e. The summed E-state index contributed by atoms with van der Waals surface area (Å²) in [5.41, 5.74) is 1.14. The highest BCUT2D eigenvalue weighted by atomic mass is 16.5. The van der Waals surface area contributed by atoms with E-state index >= 15 is 0 Å². The predicted octanol–water partition coefficient (Wildman–Crippen LogP) is 0.751. The fraction of sp³-hybridized carbons (Fsp3) is 0.500. The van der Waals surface area contributed by atoms with Gasteiger partial charge in [0.15, 0.2) is 0 Å². The van der Waals surface area contributed by atoms with Crippen LogP contribution in [0.3, 0.4) is 0 Å². The lowest BCUT2D eigenvalue weighted by molar-refractivity contribution is 0.0767. The average molecular weight is 194 g/mol. The zero-order chi connectivity index (χ0) is 9.80. The van der Waals surface area contributed by atoms with Gasteiger partial charge in [0.05, 0.1) is 26.4 Å². The molecule has 4 nitrogen and oxygen atoms in total. The Labute approximate surface area is 83.2 Å². The highest BCUT2D eigenvalue weighted by molar-refractivity contribution is 5.21. The molecule has 14 heavy (non-hydrogen) atoms. The molecule has 76 valence electrons. The lowest BCUT2D eigenvalue weighted by Crippen LogP contribution is -2.34. The van der Waals surface area contributed by atoms with Gasteiger partial charge in [-0.15, -0.1) is 0 Å². The van der Waals surface area contributed by atoms with Gasteiger partial charge in [-0.1, -0.05) is 6.07 Å². The van der Waals surface area contributed by atoms with E-state index in [2.05, 4.69) is 10.3 Å². The molecule has 2 heterocycles. The maximum absolute atomic E-state index is 5.37. The van der Waals surface area contributed by atoms with E-state index in [1.165, 1.54) is 0 Å². The normalized spacial score (nSPS) is 21.9. The molecule has 1 fully saturated rings. The first-order valence-corrected chi connectivity index (χ1v) is 4.71. The molecule has 0 amide bonds. The molecule has 0 aromatic carbocycles. The molecule has 0 spiro atoms. The summed E-state index contributed by atoms with van der Waals surface area (Å²) in [6, 6.07) is 4.14. The number of hydrogen-bond donors (Lipinski definition) is 1. The molecule has 0 saturated carbocycles. The summed E-state index contributed by atoms with van der Waals surface area (Å²) >= 11 is 0. The maximum atomic E-state index is 5.37. The minimum atomic E-state index is 0.266. The van der Waals surface area contributed by atoms with Crippen molar-refractivity contribution >= 4 is 0 Å². The van der Waals surface area contributed by atoms with E-state index in [1.807, 2.05) is 18.3 Å². The molecule has 0 unspecified atom stereocenters. The molecular formula is C10H14N2O2. The Bertz CT molecular complexity index is 281. The summed E-state index contributed by atoms with van der Waals surface area (Å²) in [7, 11) is 1.62. The number of ether oxygens (including phenoxy) is 2. The van der Waals surface area contributed by atoms with Crippen LogP contribution in [0.5, 0.6) is 5.88 Å². The molecule has 2 rings (SSSR count). The second-order valence-corrected chi connectivity index (χ2v) is 3.22. The second kappa shape index (κ2) is 4.39. The Kier molecular flexibility index (Phi) is 2.96. The van der Waals surface area contributed by atoms with Gasteiger partial charge in [-0.05, 0) is 5.56 Å². The van der Waals surface area contributed by atoms with Crippen LogP contribution in [0, 0.1) is 0 Å². The number of nitrogens with zero attached hydrogens (tertiary/aromatic N) is 1. The first-order valence-electron chi connectivity index (χ1n) is 4.71. The zero-order valence-corrected chi connectivity index (χ0v) is 8.19. The summed E-state index contributed by atoms with van der Waals surface area (Å²) < 4.78 is 10.4. The van der Waals surface area contributed by atoms with Crippen LogP contribution >= 0.6 is 0 Å². The van der Waals surface area contributed by atoms with Crippen molar-refractivity contribution in [2.24, 2.45) is 0 Å². The summed E-state index contributed by atoms with van der Waals surface area (Å²) in [5, 5.41) is 3.37. The monoisotopic (exact) mass is 194 g/mol. The van der Waals surface area contributed by atoms with Crippen molar-refractivity contribution in [3.05, 3.63) is 23.9 Å². The zero-order valence-electron chi connectivity index (χ0n) is 8.19. The summed E-state index contributed by atoms with van der Waals surface area (Å²) in [6.45, 7) is 2.41. The van der Waals surface area contributed by atoms with Gasteiger partial charge < -0.3 is 14.8 Å². The Morgan fingerprint density at radius 3 is 3.07 bits per heavy atom.